The third-order valence-electron chi connectivity index (χ3n) is 7.14. The van der Waals surface area contributed by atoms with Crippen LogP contribution in [0.5, 0.6) is 0 Å². The van der Waals surface area contributed by atoms with Gasteiger partial charge >= 0.3 is 0 Å². The van der Waals surface area contributed by atoms with Gasteiger partial charge < -0.3 is 32.1 Å². The molecule has 0 bridgehead atoms. The van der Waals surface area contributed by atoms with Gasteiger partial charge in [0.2, 0.25) is 17.6 Å². The van der Waals surface area contributed by atoms with Gasteiger partial charge in [-0.1, -0.05) is 22.0 Å². The number of piperidine rings is 1. The number of nitrogens with zero attached hydrogens (tertiary/aromatic N) is 8. The molecule has 4 rings (SSSR count). The molecule has 3 saturated heterocycles. The topological polar surface area (TPSA) is 237 Å². The van der Waals surface area contributed by atoms with Crippen LogP contribution in [-0.4, -0.2) is 89.0 Å². The van der Waals surface area contributed by atoms with Crippen molar-refractivity contribution in [2.24, 2.45) is 43.2 Å². The molecule has 38 heavy (non-hydrogen) atoms. The second kappa shape index (κ2) is 12.0. The molecule has 4 aliphatic rings. The largest absolute Gasteiger partial charge is 0.355 e. The quantitative estimate of drug-likeness (QED) is 0.0952. The van der Waals surface area contributed by atoms with Crippen molar-refractivity contribution in [3.63, 3.8) is 0 Å². The minimum Gasteiger partial charge on any atom is -0.355 e. The van der Waals surface area contributed by atoms with Gasteiger partial charge in [0.15, 0.2) is 17.0 Å². The molecule has 3 fully saturated rings. The summed E-state index contributed by atoms with van der Waals surface area (Å²) in [6, 6.07) is -1.12. The molecular formula is C20H33ClN14O3. The minimum absolute atomic E-state index is 0.0254. The van der Waals surface area contributed by atoms with E-state index in [-0.39, 0.29) is 41.5 Å². The Hall–Kier alpha value is -3.41. The number of aliphatic imine (C=N–C) groups is 1. The first-order valence-electron chi connectivity index (χ1n) is 12.4. The molecule has 0 aliphatic carbocycles. The van der Waals surface area contributed by atoms with E-state index in [4.69, 9.17) is 29.1 Å². The van der Waals surface area contributed by atoms with Gasteiger partial charge in [-0.05, 0) is 25.7 Å². The smallest absolute Gasteiger partial charge is 0.252 e. The first-order chi connectivity index (χ1) is 18.2. The van der Waals surface area contributed by atoms with Gasteiger partial charge in [0, 0.05) is 51.1 Å². The molecule has 1 spiro atoms. The predicted molar refractivity (Wildman–Crippen MR) is 135 cm³/mol. The molecule has 208 valence electrons. The number of carbonyl (C=O) groups is 3. The number of hydrogen-bond acceptors (Lipinski definition) is 12. The molecule has 9 N–H and O–H groups in total. The van der Waals surface area contributed by atoms with E-state index in [0.717, 1.165) is 25.9 Å². The Morgan fingerprint density at radius 1 is 1.03 bits per heavy atom. The van der Waals surface area contributed by atoms with Crippen LogP contribution in [0.2, 0.25) is 0 Å². The average molecular weight is 553 g/mol. The monoisotopic (exact) mass is 552 g/mol. The second-order valence-corrected chi connectivity index (χ2v) is 9.97. The molecule has 0 aromatic rings. The molecule has 3 amide bonds. The van der Waals surface area contributed by atoms with Gasteiger partial charge in [0.05, 0.1) is 0 Å². The Kier molecular flexibility index (Phi) is 8.70. The van der Waals surface area contributed by atoms with Crippen LogP contribution in [0.1, 0.15) is 38.5 Å². The van der Waals surface area contributed by atoms with E-state index in [1.54, 1.807) is 4.90 Å². The fourth-order valence-electron chi connectivity index (χ4n) is 5.10. The molecular weight excluding hydrogens is 520 g/mol. The van der Waals surface area contributed by atoms with E-state index < -0.39 is 23.8 Å². The molecule has 4 heterocycles. The number of rotatable bonds is 6. The molecule has 4 aliphatic heterocycles. The lowest BCUT2D eigenvalue weighted by atomic mass is 9.88. The van der Waals surface area contributed by atoms with Gasteiger partial charge in [0.1, 0.15) is 6.29 Å². The Labute approximate surface area is 223 Å². The summed E-state index contributed by atoms with van der Waals surface area (Å²) in [6.45, 7) is 3.07. The van der Waals surface area contributed by atoms with Crippen LogP contribution < -0.4 is 33.5 Å². The lowest BCUT2D eigenvalue weighted by molar-refractivity contribution is -0.137. The van der Waals surface area contributed by atoms with Crippen LogP contribution in [0, 0.1) is 0 Å². The van der Waals surface area contributed by atoms with Crippen molar-refractivity contribution in [2.45, 2.75) is 56.4 Å². The fraction of sp³-hybridized carbons (Fsp3) is 0.700. The average Bonchev–Trinajstić information content (AvgIpc) is 3.53. The van der Waals surface area contributed by atoms with E-state index in [1.165, 1.54) is 5.01 Å². The number of amides is 3. The Bertz CT molecular complexity index is 1050. The number of hydrazine groups is 1. The van der Waals surface area contributed by atoms with Gasteiger partial charge in [-0.15, -0.1) is 10.2 Å². The van der Waals surface area contributed by atoms with Crippen LogP contribution in [0.25, 0.3) is 0 Å². The van der Waals surface area contributed by atoms with Crippen LogP contribution in [0.4, 0.5) is 0 Å². The van der Waals surface area contributed by atoms with Crippen molar-refractivity contribution in [3.8, 4) is 0 Å². The highest BCUT2D eigenvalue weighted by Gasteiger charge is 2.46. The lowest BCUT2D eigenvalue weighted by Crippen LogP contribution is -2.60. The molecule has 18 heteroatoms. The van der Waals surface area contributed by atoms with Crippen molar-refractivity contribution in [3.05, 3.63) is 11.0 Å². The first-order valence-corrected chi connectivity index (χ1v) is 12.7. The van der Waals surface area contributed by atoms with Gasteiger partial charge in [-0.3, -0.25) is 25.5 Å². The summed E-state index contributed by atoms with van der Waals surface area (Å²) in [6.07, 6.45) is 3.07. The maximum Gasteiger partial charge on any atom is 0.252 e. The molecule has 0 aromatic carbocycles. The van der Waals surface area contributed by atoms with Crippen molar-refractivity contribution >= 4 is 35.2 Å². The van der Waals surface area contributed by atoms with Crippen molar-refractivity contribution < 1.29 is 14.4 Å². The maximum absolute atomic E-state index is 13.1. The highest BCUT2D eigenvalue weighted by atomic mass is 35.5. The number of amidine groups is 1. The molecule has 2 unspecified atom stereocenters. The SMILES string of the molecule is NN=NC1=NC(N=NN)=C(Cl)NC1C(=O)NC1NC2(CCN(C(=O)CCC(=O)N3CCCC3)CC2)CN1N. The highest BCUT2D eigenvalue weighted by Crippen LogP contribution is 2.28. The van der Waals surface area contributed by atoms with E-state index in [9.17, 15) is 14.4 Å². The van der Waals surface area contributed by atoms with E-state index >= 15 is 0 Å². The van der Waals surface area contributed by atoms with Crippen molar-refractivity contribution in [1.29, 1.82) is 0 Å². The number of likely N-dealkylation sites (tertiary alicyclic amines) is 2. The van der Waals surface area contributed by atoms with Crippen LogP contribution in [0.15, 0.2) is 36.6 Å². The van der Waals surface area contributed by atoms with Crippen molar-refractivity contribution in [2.75, 3.05) is 32.7 Å². The van der Waals surface area contributed by atoms with Gasteiger partial charge in [-0.2, -0.15) is 0 Å². The molecule has 0 radical (unpaired) electrons. The third kappa shape index (κ3) is 6.17. The Morgan fingerprint density at radius 3 is 2.24 bits per heavy atom. The van der Waals surface area contributed by atoms with E-state index in [1.807, 2.05) is 4.90 Å². The maximum atomic E-state index is 13.1. The summed E-state index contributed by atoms with van der Waals surface area (Å²) in [5.41, 5.74) is -0.394. The number of nitrogens with one attached hydrogen (secondary N) is 3. The normalized spacial score (nSPS) is 25.9. The predicted octanol–water partition coefficient (Wildman–Crippen LogP) is -1.68. The molecule has 0 aromatic heterocycles. The van der Waals surface area contributed by atoms with E-state index in [0.29, 0.717) is 32.5 Å². The fourth-order valence-corrected chi connectivity index (χ4v) is 5.29. The zero-order valence-corrected chi connectivity index (χ0v) is 21.6. The van der Waals surface area contributed by atoms with Crippen LogP contribution in [0.3, 0.4) is 0 Å². The number of hydrogen-bond donors (Lipinski definition) is 6. The summed E-state index contributed by atoms with van der Waals surface area (Å²) < 4.78 is 0. The van der Waals surface area contributed by atoms with Crippen LogP contribution in [-0.2, 0) is 14.4 Å². The van der Waals surface area contributed by atoms with Crippen molar-refractivity contribution in [1.82, 2.24) is 30.8 Å². The lowest BCUT2D eigenvalue weighted by Gasteiger charge is -2.39. The Morgan fingerprint density at radius 2 is 1.63 bits per heavy atom. The minimum atomic E-state index is -1.12. The summed E-state index contributed by atoms with van der Waals surface area (Å²) in [5.74, 6) is 15.7. The number of nitrogens with two attached hydrogens (primary N) is 3. The van der Waals surface area contributed by atoms with Crippen LogP contribution >= 0.6 is 11.6 Å². The number of halogens is 1. The van der Waals surface area contributed by atoms with E-state index in [2.05, 4.69) is 41.6 Å². The second-order valence-electron chi connectivity index (χ2n) is 9.59. The zero-order valence-electron chi connectivity index (χ0n) is 20.8. The molecule has 17 nitrogen and oxygen atoms in total. The standard InChI is InChI=1S/C20H33ClN14O3/c21-15-17(30-32-23)26-16(29-31-22)14(25-15)18(38)27-19-28-20(11-35(19)24)5-9-34(10-6-20)13(37)4-3-12(36)33-7-1-2-8-33/h14,19,25,28H,1-11,24H2,(H2,23,30)(H,27,38)(H2,22,26,29). The van der Waals surface area contributed by atoms with Gasteiger partial charge in [0.25, 0.3) is 5.91 Å². The first kappa shape index (κ1) is 27.6. The zero-order chi connectivity index (χ0) is 27.3. The summed E-state index contributed by atoms with van der Waals surface area (Å²) >= 11 is 6.10. The highest BCUT2D eigenvalue weighted by molar-refractivity contribution is 6.30. The molecule has 0 saturated carbocycles. The molecule has 2 atom stereocenters. The third-order valence-corrected chi connectivity index (χ3v) is 7.42. The Balaban J connectivity index is 1.29. The van der Waals surface area contributed by atoms with Gasteiger partial charge in [-0.25, -0.2) is 10.0 Å². The summed E-state index contributed by atoms with van der Waals surface area (Å²) in [7, 11) is 0. The summed E-state index contributed by atoms with van der Waals surface area (Å²) in [5, 5.41) is 23.9. The number of carbonyl (C=O) groups excluding carboxylic acids is 3. The summed E-state index contributed by atoms with van der Waals surface area (Å²) in [4.78, 5) is 45.7.